The van der Waals surface area contributed by atoms with E-state index in [2.05, 4.69) is 49.6 Å². The second-order valence-electron chi connectivity index (χ2n) is 5.49. The van der Waals surface area contributed by atoms with Gasteiger partial charge in [-0.1, -0.05) is 50.0 Å². The maximum Gasteiger partial charge on any atom is 0.0453 e. The monoisotopic (exact) mass is 363 g/mol. The molecule has 1 nitrogen and oxygen atoms in total. The van der Waals surface area contributed by atoms with Crippen LogP contribution in [0.5, 0.6) is 0 Å². The van der Waals surface area contributed by atoms with Crippen molar-refractivity contribution in [3.63, 3.8) is 0 Å². The smallest absolute Gasteiger partial charge is 0.0453 e. The maximum atomic E-state index is 6.34. The molecule has 1 aromatic carbocycles. The van der Waals surface area contributed by atoms with Gasteiger partial charge in [0.25, 0.3) is 0 Å². The third-order valence-corrected chi connectivity index (χ3v) is 8.23. The zero-order valence-electron chi connectivity index (χ0n) is 12.7. The average Bonchev–Trinajstić information content (AvgIpc) is 2.45. The highest BCUT2D eigenvalue weighted by atomic mass is 35.5. The first kappa shape index (κ1) is 17.8. The molecule has 0 aliphatic carbocycles. The number of nitrogens with one attached hydrogen (secondary N) is 1. The molecule has 1 aromatic rings. The van der Waals surface area contributed by atoms with Crippen LogP contribution in [0.2, 0.25) is 10.0 Å². The van der Waals surface area contributed by atoms with Crippen molar-refractivity contribution >= 4 is 46.7 Å². The molecule has 0 aromatic heterocycles. The number of benzene rings is 1. The lowest BCUT2D eigenvalue weighted by Crippen LogP contribution is -2.44. The van der Waals surface area contributed by atoms with E-state index in [1.165, 1.54) is 5.75 Å². The van der Waals surface area contributed by atoms with Crippen LogP contribution in [0.4, 0.5) is 0 Å². The lowest BCUT2D eigenvalue weighted by Gasteiger charge is -2.36. The van der Waals surface area contributed by atoms with E-state index in [0.717, 1.165) is 33.8 Å². The first-order valence-corrected chi connectivity index (χ1v) is 10.2. The molecule has 0 spiro atoms. The van der Waals surface area contributed by atoms with Gasteiger partial charge in [0, 0.05) is 37.6 Å². The molecule has 4 atom stereocenters. The highest BCUT2D eigenvalue weighted by molar-refractivity contribution is 8.07. The van der Waals surface area contributed by atoms with Crippen molar-refractivity contribution in [2.75, 3.05) is 12.3 Å². The second kappa shape index (κ2) is 8.35. The van der Waals surface area contributed by atoms with Crippen molar-refractivity contribution in [1.82, 2.24) is 5.32 Å². The van der Waals surface area contributed by atoms with Gasteiger partial charge in [0.05, 0.1) is 0 Å². The highest BCUT2D eigenvalue weighted by Crippen LogP contribution is 2.38. The number of thioether (sulfide) groups is 2. The summed E-state index contributed by atoms with van der Waals surface area (Å²) in [6, 6.07) is 6.18. The van der Waals surface area contributed by atoms with Crippen molar-refractivity contribution in [1.29, 1.82) is 0 Å². The molecular formula is C16H23Cl2NS2. The van der Waals surface area contributed by atoms with E-state index in [4.69, 9.17) is 23.2 Å². The zero-order chi connectivity index (χ0) is 15.4. The molecule has 2 rings (SSSR count). The summed E-state index contributed by atoms with van der Waals surface area (Å²) in [5.74, 6) is 1.19. The number of likely N-dealkylation sites (N-methyl/N-ethyl adjacent to an activating group) is 1. The van der Waals surface area contributed by atoms with Crippen LogP contribution >= 0.6 is 46.7 Å². The van der Waals surface area contributed by atoms with Crippen molar-refractivity contribution in [3.05, 3.63) is 33.8 Å². The lowest BCUT2D eigenvalue weighted by atomic mass is 10.0. The van der Waals surface area contributed by atoms with E-state index in [1.807, 2.05) is 18.2 Å². The van der Waals surface area contributed by atoms with Crippen molar-refractivity contribution in [3.8, 4) is 0 Å². The molecule has 1 aliphatic rings. The minimum absolute atomic E-state index is 0.417. The topological polar surface area (TPSA) is 12.0 Å². The summed E-state index contributed by atoms with van der Waals surface area (Å²) in [7, 11) is 0. The highest BCUT2D eigenvalue weighted by Gasteiger charge is 2.31. The molecule has 1 saturated heterocycles. The largest absolute Gasteiger partial charge is 0.313 e. The van der Waals surface area contributed by atoms with E-state index in [-0.39, 0.29) is 0 Å². The predicted octanol–water partition coefficient (Wildman–Crippen LogP) is 5.14. The fourth-order valence-electron chi connectivity index (χ4n) is 2.56. The standard InChI is InChI=1S/C16H23Cl2NS2/c1-4-19-15(16-9-20-10(2)11(3)21-16)8-12-13(17)6-5-7-14(12)18/h5-7,10-11,15-16,19H,4,8-9H2,1-3H3. The van der Waals surface area contributed by atoms with Gasteiger partial charge < -0.3 is 5.32 Å². The van der Waals surface area contributed by atoms with Gasteiger partial charge in [0.2, 0.25) is 0 Å². The van der Waals surface area contributed by atoms with E-state index in [1.54, 1.807) is 0 Å². The van der Waals surface area contributed by atoms with Crippen LogP contribution in [0.25, 0.3) is 0 Å². The molecule has 118 valence electrons. The number of hydrogen-bond donors (Lipinski definition) is 1. The Morgan fingerprint density at radius 3 is 2.48 bits per heavy atom. The van der Waals surface area contributed by atoms with E-state index in [0.29, 0.717) is 16.5 Å². The first-order valence-electron chi connectivity index (χ1n) is 7.46. The van der Waals surface area contributed by atoms with Gasteiger partial charge in [-0.2, -0.15) is 23.5 Å². The third-order valence-electron chi connectivity index (χ3n) is 3.97. The average molecular weight is 364 g/mol. The van der Waals surface area contributed by atoms with Gasteiger partial charge in [-0.3, -0.25) is 0 Å². The summed E-state index contributed by atoms with van der Waals surface area (Å²) in [4.78, 5) is 0. The fourth-order valence-corrected chi connectivity index (χ4v) is 6.24. The lowest BCUT2D eigenvalue weighted by molar-refractivity contribution is 0.520. The number of halogens is 2. The van der Waals surface area contributed by atoms with Gasteiger partial charge in [-0.15, -0.1) is 0 Å². The van der Waals surface area contributed by atoms with E-state index in [9.17, 15) is 0 Å². The molecule has 1 N–H and O–H groups in total. The molecule has 5 heteroatoms. The van der Waals surface area contributed by atoms with Gasteiger partial charge in [0.15, 0.2) is 0 Å². The van der Waals surface area contributed by atoms with E-state index >= 15 is 0 Å². The SMILES string of the molecule is CCNC(Cc1c(Cl)cccc1Cl)C1CSC(C)C(C)S1. The van der Waals surface area contributed by atoms with Gasteiger partial charge in [-0.25, -0.2) is 0 Å². The summed E-state index contributed by atoms with van der Waals surface area (Å²) in [6.45, 7) is 7.79. The molecule has 0 radical (unpaired) electrons. The van der Waals surface area contributed by atoms with Crippen LogP contribution in [-0.4, -0.2) is 34.1 Å². The summed E-state index contributed by atoms with van der Waals surface area (Å²) in [6.07, 6.45) is 0.895. The maximum absolute atomic E-state index is 6.34. The Balaban J connectivity index is 2.12. The van der Waals surface area contributed by atoms with Gasteiger partial charge >= 0.3 is 0 Å². The van der Waals surface area contributed by atoms with Crippen molar-refractivity contribution < 1.29 is 0 Å². The zero-order valence-corrected chi connectivity index (χ0v) is 15.9. The summed E-state index contributed by atoms with van der Waals surface area (Å²) < 4.78 is 0. The minimum Gasteiger partial charge on any atom is -0.313 e. The van der Waals surface area contributed by atoms with Crippen molar-refractivity contribution in [2.45, 2.75) is 49.0 Å². The molecular weight excluding hydrogens is 341 g/mol. The molecule has 0 saturated carbocycles. The summed E-state index contributed by atoms with van der Waals surface area (Å²) in [5, 5.41) is 7.23. The Kier molecular flexibility index (Phi) is 7.08. The fraction of sp³-hybridized carbons (Fsp3) is 0.625. The molecule has 1 fully saturated rings. The van der Waals surface area contributed by atoms with E-state index < -0.39 is 0 Å². The Morgan fingerprint density at radius 1 is 1.24 bits per heavy atom. The first-order chi connectivity index (χ1) is 10.0. The molecule has 1 aliphatic heterocycles. The van der Waals surface area contributed by atoms with Gasteiger partial charge in [-0.05, 0) is 30.7 Å². The number of hydrogen-bond acceptors (Lipinski definition) is 3. The predicted molar refractivity (Wildman–Crippen MR) is 100 cm³/mol. The van der Waals surface area contributed by atoms with Crippen LogP contribution < -0.4 is 5.32 Å². The Labute approximate surface area is 146 Å². The van der Waals surface area contributed by atoms with Gasteiger partial charge in [0.1, 0.15) is 0 Å². The quantitative estimate of drug-likeness (QED) is 0.777. The molecule has 0 amide bonds. The molecule has 4 unspecified atom stereocenters. The van der Waals surface area contributed by atoms with Crippen molar-refractivity contribution in [2.24, 2.45) is 0 Å². The van der Waals surface area contributed by atoms with Crippen LogP contribution in [0, 0.1) is 0 Å². The summed E-state index contributed by atoms with van der Waals surface area (Å²) >= 11 is 16.9. The van der Waals surface area contributed by atoms with Crippen LogP contribution in [0.1, 0.15) is 26.3 Å². The van der Waals surface area contributed by atoms with Crippen LogP contribution in [-0.2, 0) is 6.42 Å². The normalized spacial score (nSPS) is 27.6. The Hall–Kier alpha value is 0.460. The summed E-state index contributed by atoms with van der Waals surface area (Å²) in [5.41, 5.74) is 1.07. The molecule has 0 bridgehead atoms. The third kappa shape index (κ3) is 4.71. The minimum atomic E-state index is 0.417. The molecule has 1 heterocycles. The number of rotatable bonds is 5. The Bertz CT molecular complexity index is 449. The second-order valence-corrected chi connectivity index (χ2v) is 9.33. The van der Waals surface area contributed by atoms with Crippen LogP contribution in [0.15, 0.2) is 18.2 Å². The van der Waals surface area contributed by atoms with Crippen LogP contribution in [0.3, 0.4) is 0 Å². The Morgan fingerprint density at radius 2 is 1.90 bits per heavy atom. The molecule has 21 heavy (non-hydrogen) atoms.